The van der Waals surface area contributed by atoms with Crippen molar-refractivity contribution in [2.24, 2.45) is 5.92 Å². The van der Waals surface area contributed by atoms with Crippen LogP contribution in [0, 0.1) is 5.92 Å². The van der Waals surface area contributed by atoms with E-state index in [1.807, 2.05) is 0 Å². The zero-order valence-electron chi connectivity index (χ0n) is 10.8. The standard InChI is InChI=1S/C14H17NO3/c1-9(2)13-8-18-14(17)15(13)12-6-4-11(5-7-12)10(3)16/h4-7,9,13H,8H2,1-3H3/t13-/m1/s1. The zero-order valence-corrected chi connectivity index (χ0v) is 10.8. The molecule has 1 heterocycles. The molecular formula is C14H17NO3. The number of ether oxygens (including phenoxy) is 1. The van der Waals surface area contributed by atoms with E-state index in [0.29, 0.717) is 18.1 Å². The van der Waals surface area contributed by atoms with Crippen molar-refractivity contribution < 1.29 is 14.3 Å². The van der Waals surface area contributed by atoms with Crippen LogP contribution in [0.25, 0.3) is 0 Å². The van der Waals surface area contributed by atoms with E-state index in [4.69, 9.17) is 4.74 Å². The number of Topliss-reactive ketones (excluding diaryl/α,β-unsaturated/α-hetero) is 1. The van der Waals surface area contributed by atoms with Gasteiger partial charge in [0.1, 0.15) is 6.61 Å². The van der Waals surface area contributed by atoms with E-state index in [1.54, 1.807) is 29.2 Å². The number of rotatable bonds is 3. The molecule has 18 heavy (non-hydrogen) atoms. The maximum atomic E-state index is 11.7. The van der Waals surface area contributed by atoms with Crippen molar-refractivity contribution >= 4 is 17.6 Å². The Morgan fingerprint density at radius 3 is 2.44 bits per heavy atom. The largest absolute Gasteiger partial charge is 0.447 e. The summed E-state index contributed by atoms with van der Waals surface area (Å²) in [6.07, 6.45) is -0.315. The van der Waals surface area contributed by atoms with E-state index in [1.165, 1.54) is 6.92 Å². The molecule has 1 amide bonds. The molecule has 1 aromatic carbocycles. The fourth-order valence-electron chi connectivity index (χ4n) is 2.08. The number of hydrogen-bond donors (Lipinski definition) is 0. The van der Waals surface area contributed by atoms with E-state index < -0.39 is 0 Å². The average Bonchev–Trinajstić information content (AvgIpc) is 2.71. The Labute approximate surface area is 107 Å². The van der Waals surface area contributed by atoms with Gasteiger partial charge in [-0.2, -0.15) is 0 Å². The Kier molecular flexibility index (Phi) is 3.36. The first-order valence-corrected chi connectivity index (χ1v) is 6.07. The van der Waals surface area contributed by atoms with Crippen LogP contribution in [0.15, 0.2) is 24.3 Å². The van der Waals surface area contributed by atoms with Gasteiger partial charge in [0.15, 0.2) is 5.78 Å². The minimum atomic E-state index is -0.315. The molecule has 1 aliphatic rings. The lowest BCUT2D eigenvalue weighted by Crippen LogP contribution is -2.37. The Hall–Kier alpha value is -1.84. The van der Waals surface area contributed by atoms with Crippen molar-refractivity contribution in [1.82, 2.24) is 0 Å². The number of amides is 1. The first-order chi connectivity index (χ1) is 8.50. The van der Waals surface area contributed by atoms with Crippen molar-refractivity contribution in [3.05, 3.63) is 29.8 Å². The van der Waals surface area contributed by atoms with Gasteiger partial charge in [-0.25, -0.2) is 4.79 Å². The number of hydrogen-bond acceptors (Lipinski definition) is 3. The monoisotopic (exact) mass is 247 g/mol. The van der Waals surface area contributed by atoms with E-state index >= 15 is 0 Å². The van der Waals surface area contributed by atoms with Gasteiger partial charge in [-0.15, -0.1) is 0 Å². The number of cyclic esters (lactones) is 1. The highest BCUT2D eigenvalue weighted by atomic mass is 16.6. The minimum absolute atomic E-state index is 0.0194. The predicted molar refractivity (Wildman–Crippen MR) is 68.9 cm³/mol. The van der Waals surface area contributed by atoms with Gasteiger partial charge < -0.3 is 4.74 Å². The van der Waals surface area contributed by atoms with Gasteiger partial charge in [0.25, 0.3) is 0 Å². The van der Waals surface area contributed by atoms with E-state index in [2.05, 4.69) is 13.8 Å². The molecule has 1 saturated heterocycles. The van der Waals surface area contributed by atoms with E-state index in [0.717, 1.165) is 5.69 Å². The lowest BCUT2D eigenvalue weighted by molar-refractivity contribution is 0.101. The quantitative estimate of drug-likeness (QED) is 0.771. The molecule has 0 aromatic heterocycles. The summed E-state index contributed by atoms with van der Waals surface area (Å²) in [5, 5.41) is 0. The molecular weight excluding hydrogens is 230 g/mol. The molecule has 2 rings (SSSR count). The maximum absolute atomic E-state index is 11.7. The Morgan fingerprint density at radius 1 is 1.33 bits per heavy atom. The molecule has 1 aliphatic heterocycles. The molecule has 4 nitrogen and oxygen atoms in total. The van der Waals surface area contributed by atoms with Crippen LogP contribution >= 0.6 is 0 Å². The normalized spacial score (nSPS) is 19.2. The van der Waals surface area contributed by atoms with Crippen LogP contribution in [-0.2, 0) is 4.74 Å². The third kappa shape index (κ3) is 2.23. The molecule has 1 atom stereocenters. The van der Waals surface area contributed by atoms with Crippen molar-refractivity contribution in [1.29, 1.82) is 0 Å². The summed E-state index contributed by atoms with van der Waals surface area (Å²) in [6, 6.07) is 7.11. The Bertz CT molecular complexity index is 464. The summed E-state index contributed by atoms with van der Waals surface area (Å²) < 4.78 is 5.09. The molecule has 1 fully saturated rings. The summed E-state index contributed by atoms with van der Waals surface area (Å²) >= 11 is 0. The van der Waals surface area contributed by atoms with Crippen molar-refractivity contribution in [2.75, 3.05) is 11.5 Å². The molecule has 0 spiro atoms. The van der Waals surface area contributed by atoms with E-state index in [-0.39, 0.29) is 17.9 Å². The fourth-order valence-corrected chi connectivity index (χ4v) is 2.08. The summed E-state index contributed by atoms with van der Waals surface area (Å²) in [4.78, 5) is 24.6. The van der Waals surface area contributed by atoms with Crippen molar-refractivity contribution in [2.45, 2.75) is 26.8 Å². The van der Waals surface area contributed by atoms with Gasteiger partial charge in [0.2, 0.25) is 0 Å². The van der Waals surface area contributed by atoms with Crippen LogP contribution in [0.2, 0.25) is 0 Å². The summed E-state index contributed by atoms with van der Waals surface area (Å²) in [5.74, 6) is 0.342. The molecule has 0 aliphatic carbocycles. The van der Waals surface area contributed by atoms with Gasteiger partial charge in [-0.1, -0.05) is 13.8 Å². The predicted octanol–water partition coefficient (Wildman–Crippen LogP) is 2.87. The zero-order chi connectivity index (χ0) is 13.3. The topological polar surface area (TPSA) is 46.6 Å². The van der Waals surface area contributed by atoms with Gasteiger partial charge in [-0.05, 0) is 37.1 Å². The molecule has 0 saturated carbocycles. The number of carbonyl (C=O) groups excluding carboxylic acids is 2. The van der Waals surface area contributed by atoms with Crippen LogP contribution in [0.3, 0.4) is 0 Å². The van der Waals surface area contributed by atoms with Crippen LogP contribution < -0.4 is 4.90 Å². The highest BCUT2D eigenvalue weighted by Crippen LogP contribution is 2.27. The molecule has 96 valence electrons. The Morgan fingerprint density at radius 2 is 1.94 bits per heavy atom. The SMILES string of the molecule is CC(=O)c1ccc(N2C(=O)OC[C@@H]2C(C)C)cc1. The molecule has 1 aromatic rings. The highest BCUT2D eigenvalue weighted by Gasteiger charge is 2.35. The average molecular weight is 247 g/mol. The Balaban J connectivity index is 2.29. The molecule has 0 N–H and O–H groups in total. The second-order valence-electron chi connectivity index (χ2n) is 4.86. The van der Waals surface area contributed by atoms with E-state index in [9.17, 15) is 9.59 Å². The number of carbonyl (C=O) groups is 2. The summed E-state index contributed by atoms with van der Waals surface area (Å²) in [5.41, 5.74) is 1.42. The molecule has 0 bridgehead atoms. The van der Waals surface area contributed by atoms with Gasteiger partial charge in [0, 0.05) is 11.3 Å². The van der Waals surface area contributed by atoms with Crippen LogP contribution in [-0.4, -0.2) is 24.5 Å². The van der Waals surface area contributed by atoms with Crippen LogP contribution in [0.4, 0.5) is 10.5 Å². The third-order valence-electron chi connectivity index (χ3n) is 3.23. The molecule has 0 unspecified atom stereocenters. The lowest BCUT2D eigenvalue weighted by atomic mass is 10.0. The molecule has 4 heteroatoms. The third-order valence-corrected chi connectivity index (χ3v) is 3.23. The number of benzene rings is 1. The van der Waals surface area contributed by atoms with Gasteiger partial charge >= 0.3 is 6.09 Å². The minimum Gasteiger partial charge on any atom is -0.447 e. The number of nitrogens with zero attached hydrogens (tertiary/aromatic N) is 1. The maximum Gasteiger partial charge on any atom is 0.414 e. The van der Waals surface area contributed by atoms with Gasteiger partial charge in [-0.3, -0.25) is 9.69 Å². The van der Waals surface area contributed by atoms with Gasteiger partial charge in [0.05, 0.1) is 6.04 Å². The second-order valence-corrected chi connectivity index (χ2v) is 4.86. The first kappa shape index (κ1) is 12.6. The van der Waals surface area contributed by atoms with Crippen LogP contribution in [0.5, 0.6) is 0 Å². The smallest absolute Gasteiger partial charge is 0.414 e. The number of anilines is 1. The lowest BCUT2D eigenvalue weighted by Gasteiger charge is -2.24. The highest BCUT2D eigenvalue weighted by molar-refractivity contribution is 5.95. The van der Waals surface area contributed by atoms with Crippen molar-refractivity contribution in [3.63, 3.8) is 0 Å². The molecule has 0 radical (unpaired) electrons. The first-order valence-electron chi connectivity index (χ1n) is 6.07. The van der Waals surface area contributed by atoms with Crippen molar-refractivity contribution in [3.8, 4) is 0 Å². The van der Waals surface area contributed by atoms with Crippen LogP contribution in [0.1, 0.15) is 31.1 Å². The fraction of sp³-hybridized carbons (Fsp3) is 0.429. The summed E-state index contributed by atoms with van der Waals surface area (Å²) in [7, 11) is 0. The summed E-state index contributed by atoms with van der Waals surface area (Å²) in [6.45, 7) is 6.06. The number of ketones is 1. The second kappa shape index (κ2) is 4.80.